The highest BCUT2D eigenvalue weighted by Gasteiger charge is 2.07. The van der Waals surface area contributed by atoms with Gasteiger partial charge in [0.15, 0.2) is 0 Å². The molecule has 0 aliphatic rings. The number of nitrogens with zero attached hydrogens (tertiary/aromatic N) is 2. The Morgan fingerprint density at radius 1 is 1.50 bits per heavy atom. The molecular weight excluding hydrogens is 180 g/mol. The molecule has 0 fully saturated rings. The summed E-state index contributed by atoms with van der Waals surface area (Å²) >= 11 is 0. The van der Waals surface area contributed by atoms with Gasteiger partial charge >= 0.3 is 0 Å². The molecule has 5 nitrogen and oxygen atoms in total. The lowest BCUT2D eigenvalue weighted by Crippen LogP contribution is -1.88. The van der Waals surface area contributed by atoms with Gasteiger partial charge < -0.3 is 10.5 Å². The van der Waals surface area contributed by atoms with Crippen molar-refractivity contribution in [1.29, 1.82) is 0 Å². The third kappa shape index (κ3) is 1.39. The van der Waals surface area contributed by atoms with E-state index in [4.69, 9.17) is 10.5 Å². The van der Waals surface area contributed by atoms with E-state index in [1.54, 1.807) is 25.6 Å². The first-order chi connectivity index (χ1) is 6.81. The maximum Gasteiger partial charge on any atom is 0.146 e. The van der Waals surface area contributed by atoms with Crippen molar-refractivity contribution in [1.82, 2.24) is 15.2 Å². The summed E-state index contributed by atoms with van der Waals surface area (Å²) in [7, 11) is 1.60. The van der Waals surface area contributed by atoms with E-state index >= 15 is 0 Å². The molecule has 0 aromatic carbocycles. The second-order valence-electron chi connectivity index (χ2n) is 2.78. The zero-order valence-electron chi connectivity index (χ0n) is 7.69. The number of H-pyrrole nitrogens is 1. The Morgan fingerprint density at radius 2 is 2.36 bits per heavy atom. The van der Waals surface area contributed by atoms with Gasteiger partial charge in [0.1, 0.15) is 11.6 Å². The van der Waals surface area contributed by atoms with Crippen molar-refractivity contribution in [2.24, 2.45) is 0 Å². The largest absolute Gasteiger partial charge is 0.494 e. The molecule has 0 atom stereocenters. The second kappa shape index (κ2) is 3.37. The van der Waals surface area contributed by atoms with Gasteiger partial charge in [0.2, 0.25) is 0 Å². The van der Waals surface area contributed by atoms with Crippen LogP contribution in [-0.4, -0.2) is 22.3 Å². The van der Waals surface area contributed by atoms with Crippen LogP contribution >= 0.6 is 0 Å². The van der Waals surface area contributed by atoms with E-state index in [1.807, 2.05) is 6.07 Å². The maximum atomic E-state index is 5.51. The van der Waals surface area contributed by atoms with Gasteiger partial charge in [-0.2, -0.15) is 5.10 Å². The van der Waals surface area contributed by atoms with Crippen molar-refractivity contribution in [3.63, 3.8) is 0 Å². The normalized spacial score (nSPS) is 10.1. The molecule has 5 heteroatoms. The highest BCUT2D eigenvalue weighted by molar-refractivity contribution is 5.67. The first-order valence-corrected chi connectivity index (χ1v) is 4.10. The van der Waals surface area contributed by atoms with Crippen molar-refractivity contribution in [3.05, 3.63) is 24.5 Å². The molecule has 14 heavy (non-hydrogen) atoms. The van der Waals surface area contributed by atoms with Crippen LogP contribution in [-0.2, 0) is 0 Å². The molecular formula is C9H10N4O. The van der Waals surface area contributed by atoms with E-state index in [0.29, 0.717) is 11.6 Å². The lowest BCUT2D eigenvalue weighted by molar-refractivity contribution is 0.414. The number of ether oxygens (including phenoxy) is 1. The molecule has 3 N–H and O–H groups in total. The van der Waals surface area contributed by atoms with Crippen LogP contribution in [0.25, 0.3) is 11.3 Å². The van der Waals surface area contributed by atoms with E-state index in [0.717, 1.165) is 11.3 Å². The molecule has 0 aliphatic heterocycles. The van der Waals surface area contributed by atoms with E-state index in [-0.39, 0.29) is 0 Å². The van der Waals surface area contributed by atoms with Gasteiger partial charge in [-0.25, -0.2) is 0 Å². The number of hydrogen-bond donors (Lipinski definition) is 2. The number of rotatable bonds is 2. The summed E-state index contributed by atoms with van der Waals surface area (Å²) in [5.74, 6) is 1.15. The minimum atomic E-state index is 0.457. The Bertz CT molecular complexity index is 438. The molecule has 2 aromatic heterocycles. The smallest absolute Gasteiger partial charge is 0.146 e. The molecule has 2 aromatic rings. The molecule has 0 radical (unpaired) electrons. The predicted molar refractivity (Wildman–Crippen MR) is 52.8 cm³/mol. The minimum Gasteiger partial charge on any atom is -0.494 e. The topological polar surface area (TPSA) is 76.8 Å². The summed E-state index contributed by atoms with van der Waals surface area (Å²) in [6.07, 6.45) is 3.33. The average Bonchev–Trinajstić information content (AvgIpc) is 2.65. The number of pyridine rings is 1. The molecule has 0 saturated heterocycles. The van der Waals surface area contributed by atoms with Crippen LogP contribution in [0.5, 0.6) is 5.75 Å². The highest BCUT2D eigenvalue weighted by Crippen LogP contribution is 2.27. The van der Waals surface area contributed by atoms with Gasteiger partial charge in [-0.1, -0.05) is 0 Å². The van der Waals surface area contributed by atoms with Crippen molar-refractivity contribution in [2.45, 2.75) is 0 Å². The fourth-order valence-electron chi connectivity index (χ4n) is 1.24. The Labute approximate surface area is 80.9 Å². The quantitative estimate of drug-likeness (QED) is 0.742. The molecule has 0 amide bonds. The highest BCUT2D eigenvalue weighted by atomic mass is 16.5. The number of aromatic nitrogens is 3. The van der Waals surface area contributed by atoms with Crippen molar-refractivity contribution in [2.75, 3.05) is 12.8 Å². The number of hydrogen-bond acceptors (Lipinski definition) is 4. The molecule has 2 heterocycles. The molecule has 72 valence electrons. The van der Waals surface area contributed by atoms with Crippen LogP contribution in [0.3, 0.4) is 0 Å². The molecule has 0 unspecified atom stereocenters. The van der Waals surface area contributed by atoms with Crippen LogP contribution in [0.15, 0.2) is 24.5 Å². The van der Waals surface area contributed by atoms with Crippen molar-refractivity contribution < 1.29 is 4.74 Å². The van der Waals surface area contributed by atoms with Gasteiger partial charge in [0.25, 0.3) is 0 Å². The van der Waals surface area contributed by atoms with Crippen LogP contribution in [0.2, 0.25) is 0 Å². The summed E-state index contributed by atoms with van der Waals surface area (Å²) in [6.45, 7) is 0. The monoisotopic (exact) mass is 190 g/mol. The number of nitrogen functional groups attached to an aromatic ring is 1. The maximum absolute atomic E-state index is 5.51. The summed E-state index contributed by atoms with van der Waals surface area (Å²) in [4.78, 5) is 3.96. The summed E-state index contributed by atoms with van der Waals surface area (Å²) in [6, 6.07) is 3.59. The van der Waals surface area contributed by atoms with E-state index in [9.17, 15) is 0 Å². The minimum absolute atomic E-state index is 0.457. The van der Waals surface area contributed by atoms with E-state index in [2.05, 4.69) is 15.2 Å². The summed E-state index contributed by atoms with van der Waals surface area (Å²) in [5, 5.41) is 6.66. The zero-order chi connectivity index (χ0) is 9.97. The molecule has 0 saturated carbocycles. The molecule has 0 aliphatic carbocycles. The van der Waals surface area contributed by atoms with Gasteiger partial charge in [0.05, 0.1) is 19.0 Å². The Kier molecular flexibility index (Phi) is 2.06. The van der Waals surface area contributed by atoms with Crippen molar-refractivity contribution >= 4 is 5.82 Å². The van der Waals surface area contributed by atoms with Gasteiger partial charge in [-0.3, -0.25) is 10.1 Å². The van der Waals surface area contributed by atoms with Gasteiger partial charge in [-0.05, 0) is 6.07 Å². The number of nitrogens with one attached hydrogen (secondary N) is 1. The SMILES string of the molecule is COc1cnccc1-c1cc(N)n[nH]1. The number of aromatic amines is 1. The Hall–Kier alpha value is -2.04. The standard InChI is InChI=1S/C9H10N4O/c1-14-8-5-11-3-2-6(8)7-4-9(10)13-12-7/h2-5H,1H3,(H3,10,12,13). The number of nitrogens with two attached hydrogens (primary N) is 1. The number of methoxy groups -OCH3 is 1. The zero-order valence-corrected chi connectivity index (χ0v) is 7.69. The van der Waals surface area contributed by atoms with Crippen LogP contribution < -0.4 is 10.5 Å². The molecule has 0 spiro atoms. The lowest BCUT2D eigenvalue weighted by atomic mass is 10.2. The summed E-state index contributed by atoms with van der Waals surface area (Å²) in [5.41, 5.74) is 7.22. The summed E-state index contributed by atoms with van der Waals surface area (Å²) < 4.78 is 5.16. The second-order valence-corrected chi connectivity index (χ2v) is 2.78. The lowest BCUT2D eigenvalue weighted by Gasteiger charge is -2.04. The third-order valence-electron chi connectivity index (χ3n) is 1.89. The first kappa shape index (κ1) is 8.55. The average molecular weight is 190 g/mol. The van der Waals surface area contributed by atoms with Crippen LogP contribution in [0.1, 0.15) is 0 Å². The van der Waals surface area contributed by atoms with Crippen molar-refractivity contribution in [3.8, 4) is 17.0 Å². The van der Waals surface area contributed by atoms with E-state index in [1.165, 1.54) is 0 Å². The van der Waals surface area contributed by atoms with E-state index < -0.39 is 0 Å². The van der Waals surface area contributed by atoms with Crippen LogP contribution in [0, 0.1) is 0 Å². The van der Waals surface area contributed by atoms with Gasteiger partial charge in [-0.15, -0.1) is 0 Å². The third-order valence-corrected chi connectivity index (χ3v) is 1.89. The Morgan fingerprint density at radius 3 is 3.00 bits per heavy atom. The Balaban J connectivity index is 2.50. The molecule has 0 bridgehead atoms. The molecule has 2 rings (SSSR count). The fourth-order valence-corrected chi connectivity index (χ4v) is 1.24. The van der Waals surface area contributed by atoms with Crippen LogP contribution in [0.4, 0.5) is 5.82 Å². The fraction of sp³-hybridized carbons (Fsp3) is 0.111. The number of anilines is 1. The first-order valence-electron chi connectivity index (χ1n) is 4.10. The van der Waals surface area contributed by atoms with Gasteiger partial charge in [0, 0.05) is 17.8 Å². The predicted octanol–water partition coefficient (Wildman–Crippen LogP) is 1.06.